The van der Waals surface area contributed by atoms with Crippen LogP contribution in [0.25, 0.3) is 0 Å². The minimum atomic E-state index is -0.211. The van der Waals surface area contributed by atoms with Crippen molar-refractivity contribution in [3.05, 3.63) is 0 Å². The molecule has 7 heteroatoms. The second-order valence-electron chi connectivity index (χ2n) is 3.85. The molecule has 0 saturated carbocycles. The fourth-order valence-corrected chi connectivity index (χ4v) is 0.768. The number of ether oxygens (including phenoxy) is 3. The quantitative estimate of drug-likeness (QED) is 0.607. The van der Waals surface area contributed by atoms with Crippen molar-refractivity contribution >= 4 is 17.9 Å². The van der Waals surface area contributed by atoms with Gasteiger partial charge in [-0.25, -0.2) is 0 Å². The van der Waals surface area contributed by atoms with Crippen LogP contribution >= 0.6 is 0 Å². The van der Waals surface area contributed by atoms with Crippen molar-refractivity contribution in [1.82, 2.24) is 0 Å². The summed E-state index contributed by atoms with van der Waals surface area (Å²) in [5.41, 5.74) is 0. The number of carbonyl (C=O) groups is 3. The molecule has 0 spiro atoms. The van der Waals surface area contributed by atoms with E-state index >= 15 is 0 Å². The second-order valence-corrected chi connectivity index (χ2v) is 3.85. The van der Waals surface area contributed by atoms with Crippen molar-refractivity contribution in [2.75, 3.05) is 26.4 Å². The van der Waals surface area contributed by atoms with Gasteiger partial charge in [0.15, 0.2) is 0 Å². The molecule has 7 nitrogen and oxygen atoms in total. The van der Waals surface area contributed by atoms with E-state index in [4.69, 9.17) is 5.11 Å². The van der Waals surface area contributed by atoms with Gasteiger partial charge < -0.3 is 19.3 Å². The molecule has 0 heterocycles. The van der Waals surface area contributed by atoms with Crippen molar-refractivity contribution in [2.24, 2.45) is 0 Å². The first-order chi connectivity index (χ1) is 10.7. The van der Waals surface area contributed by atoms with Gasteiger partial charge in [-0.3, -0.25) is 14.4 Å². The van der Waals surface area contributed by atoms with E-state index in [1.807, 2.05) is 0 Å². The van der Waals surface area contributed by atoms with E-state index in [1.165, 1.54) is 20.8 Å². The van der Waals surface area contributed by atoms with Gasteiger partial charge in [-0.05, 0) is 27.2 Å². The fourth-order valence-electron chi connectivity index (χ4n) is 0.768. The van der Waals surface area contributed by atoms with Crippen molar-refractivity contribution in [2.45, 2.75) is 61.3 Å². The Labute approximate surface area is 140 Å². The zero-order chi connectivity index (χ0) is 19.1. The summed E-state index contributed by atoms with van der Waals surface area (Å²) in [5.74, 6) is -0.632. The molecular weight excluding hydrogens is 304 g/mol. The van der Waals surface area contributed by atoms with E-state index in [1.54, 1.807) is 20.8 Å². The Kier molecular flexibility index (Phi) is 36.4. The molecule has 1 N–H and O–H groups in total. The summed E-state index contributed by atoms with van der Waals surface area (Å²) in [6.07, 6.45) is 2.04. The molecule has 23 heavy (non-hydrogen) atoms. The van der Waals surface area contributed by atoms with Crippen LogP contribution in [0, 0.1) is 0 Å². The Bertz CT molecular complexity index is 225. The summed E-state index contributed by atoms with van der Waals surface area (Å²) in [4.78, 5) is 29.5. The molecular formula is C16H34O7. The average Bonchev–Trinajstić information content (AvgIpc) is 2.41. The van der Waals surface area contributed by atoms with Gasteiger partial charge in [-0.1, -0.05) is 13.3 Å². The van der Waals surface area contributed by atoms with Gasteiger partial charge in [0.25, 0.3) is 0 Å². The standard InChI is InChI=1S/3C4H8O2.C4H10O/c3*1-3-6-4(2)5;1-2-3-4-5/h3*3H2,1-2H3;5H,2-4H2,1H3. The molecule has 0 aliphatic carbocycles. The number of esters is 3. The third-order valence-corrected chi connectivity index (χ3v) is 1.55. The van der Waals surface area contributed by atoms with E-state index in [9.17, 15) is 14.4 Å². The highest BCUT2D eigenvalue weighted by Crippen LogP contribution is 1.78. The predicted octanol–water partition coefficient (Wildman–Crippen LogP) is 2.49. The minimum Gasteiger partial charge on any atom is -0.466 e. The van der Waals surface area contributed by atoms with Crippen LogP contribution in [0.5, 0.6) is 0 Å². The largest absolute Gasteiger partial charge is 0.466 e. The average molecular weight is 338 g/mol. The zero-order valence-corrected chi connectivity index (χ0v) is 15.6. The monoisotopic (exact) mass is 338 g/mol. The Morgan fingerprint density at radius 2 is 0.957 bits per heavy atom. The van der Waals surface area contributed by atoms with E-state index in [-0.39, 0.29) is 17.9 Å². The van der Waals surface area contributed by atoms with Crippen LogP contribution in [-0.2, 0) is 28.6 Å². The first-order valence-corrected chi connectivity index (χ1v) is 7.74. The summed E-state index contributed by atoms with van der Waals surface area (Å²) in [5, 5.41) is 8.07. The van der Waals surface area contributed by atoms with E-state index in [0.717, 1.165) is 12.8 Å². The van der Waals surface area contributed by atoms with E-state index in [2.05, 4.69) is 21.1 Å². The number of aliphatic hydroxyl groups is 1. The van der Waals surface area contributed by atoms with E-state index in [0.29, 0.717) is 26.4 Å². The van der Waals surface area contributed by atoms with Gasteiger partial charge in [0.05, 0.1) is 19.8 Å². The van der Waals surface area contributed by atoms with Crippen molar-refractivity contribution in [3.63, 3.8) is 0 Å². The smallest absolute Gasteiger partial charge is 0.302 e. The Balaban J connectivity index is -0.000000105. The number of rotatable bonds is 5. The maximum absolute atomic E-state index is 9.82. The van der Waals surface area contributed by atoms with Crippen molar-refractivity contribution in [3.8, 4) is 0 Å². The zero-order valence-electron chi connectivity index (χ0n) is 15.6. The maximum Gasteiger partial charge on any atom is 0.302 e. The van der Waals surface area contributed by atoms with Crippen LogP contribution in [0.4, 0.5) is 0 Å². The normalized spacial score (nSPS) is 7.83. The number of carbonyl (C=O) groups excluding carboxylic acids is 3. The third-order valence-electron chi connectivity index (χ3n) is 1.55. The first kappa shape index (κ1) is 29.4. The number of aliphatic hydroxyl groups excluding tert-OH is 1. The van der Waals surface area contributed by atoms with Crippen LogP contribution < -0.4 is 0 Å². The Hall–Kier alpha value is -1.63. The second kappa shape index (κ2) is 28.5. The topological polar surface area (TPSA) is 99.1 Å². The first-order valence-electron chi connectivity index (χ1n) is 7.74. The molecule has 0 fully saturated rings. The summed E-state index contributed by atoms with van der Waals surface area (Å²) in [6, 6.07) is 0. The van der Waals surface area contributed by atoms with Gasteiger partial charge >= 0.3 is 17.9 Å². The molecule has 0 atom stereocenters. The highest BCUT2D eigenvalue weighted by atomic mass is 16.5. The third kappa shape index (κ3) is 78.3. The molecule has 0 aromatic carbocycles. The lowest BCUT2D eigenvalue weighted by atomic mass is 10.4. The molecule has 0 saturated heterocycles. The van der Waals surface area contributed by atoms with Crippen molar-refractivity contribution < 1.29 is 33.7 Å². The fraction of sp³-hybridized carbons (Fsp3) is 0.812. The van der Waals surface area contributed by atoms with Gasteiger partial charge in [0, 0.05) is 27.4 Å². The Morgan fingerprint density at radius 3 is 0.957 bits per heavy atom. The van der Waals surface area contributed by atoms with Gasteiger partial charge in [0.1, 0.15) is 0 Å². The predicted molar refractivity (Wildman–Crippen MR) is 88.9 cm³/mol. The maximum atomic E-state index is 9.82. The van der Waals surface area contributed by atoms with Crippen LogP contribution in [0.2, 0.25) is 0 Å². The lowest BCUT2D eigenvalue weighted by Gasteiger charge is -1.89. The molecule has 0 amide bonds. The molecule has 0 aliphatic rings. The molecule has 0 aliphatic heterocycles. The minimum absolute atomic E-state index is 0.211. The number of hydrogen-bond acceptors (Lipinski definition) is 7. The molecule has 0 aromatic heterocycles. The molecule has 0 aromatic rings. The number of unbranched alkanes of at least 4 members (excludes halogenated alkanes) is 1. The lowest BCUT2D eigenvalue weighted by Crippen LogP contribution is -1.95. The van der Waals surface area contributed by atoms with Crippen molar-refractivity contribution in [1.29, 1.82) is 0 Å². The highest BCUT2D eigenvalue weighted by Gasteiger charge is 1.82. The molecule has 0 bridgehead atoms. The number of hydrogen-bond donors (Lipinski definition) is 1. The summed E-state index contributed by atoms with van der Waals surface area (Å²) >= 11 is 0. The van der Waals surface area contributed by atoms with Gasteiger partial charge in [-0.15, -0.1) is 0 Å². The van der Waals surface area contributed by atoms with Gasteiger partial charge in [0.2, 0.25) is 0 Å². The summed E-state index contributed by atoms with van der Waals surface area (Å²) in [7, 11) is 0. The summed E-state index contributed by atoms with van der Waals surface area (Å²) < 4.78 is 13.2. The van der Waals surface area contributed by atoms with Crippen LogP contribution in [0.3, 0.4) is 0 Å². The van der Waals surface area contributed by atoms with Gasteiger partial charge in [-0.2, -0.15) is 0 Å². The molecule has 0 unspecified atom stereocenters. The molecule has 0 rings (SSSR count). The van der Waals surface area contributed by atoms with Crippen LogP contribution in [0.1, 0.15) is 61.3 Å². The Morgan fingerprint density at radius 1 is 0.696 bits per heavy atom. The lowest BCUT2D eigenvalue weighted by molar-refractivity contribution is -0.141. The summed E-state index contributed by atoms with van der Waals surface area (Å²) in [6.45, 7) is 13.4. The highest BCUT2D eigenvalue weighted by molar-refractivity contribution is 5.66. The molecule has 0 radical (unpaired) electrons. The van der Waals surface area contributed by atoms with Crippen LogP contribution in [-0.4, -0.2) is 49.4 Å². The SMILES string of the molecule is CCCCO.CCOC(C)=O.CCOC(C)=O.CCOC(C)=O. The van der Waals surface area contributed by atoms with Crippen LogP contribution in [0.15, 0.2) is 0 Å². The molecule has 140 valence electrons. The van der Waals surface area contributed by atoms with E-state index < -0.39 is 0 Å².